The Balaban J connectivity index is 2.06. The Morgan fingerprint density at radius 1 is 0.920 bits per heavy atom. The van der Waals surface area contributed by atoms with Gasteiger partial charge in [-0.15, -0.1) is 0 Å². The van der Waals surface area contributed by atoms with E-state index in [0.717, 1.165) is 16.7 Å². The van der Waals surface area contributed by atoms with Crippen molar-refractivity contribution in [3.63, 3.8) is 0 Å². The minimum atomic E-state index is -3.25. The van der Waals surface area contributed by atoms with Crippen LogP contribution in [0.2, 0.25) is 0 Å². The highest BCUT2D eigenvalue weighted by Gasteiger charge is 2.29. The Morgan fingerprint density at radius 3 is 2.00 bits per heavy atom. The van der Waals surface area contributed by atoms with E-state index in [-0.39, 0.29) is 19.4 Å². The molecule has 0 aromatic heterocycles. The highest BCUT2D eigenvalue weighted by Crippen LogP contribution is 2.49. The summed E-state index contributed by atoms with van der Waals surface area (Å²) in [6.45, 7) is 4.09. The van der Waals surface area contributed by atoms with Gasteiger partial charge in [0.15, 0.2) is 0 Å². The van der Waals surface area contributed by atoms with Crippen LogP contribution in [0, 0.1) is 5.92 Å². The Bertz CT molecular complexity index is 687. The summed E-state index contributed by atoms with van der Waals surface area (Å²) in [5.41, 5.74) is 3.25. The third-order valence-corrected chi connectivity index (χ3v) is 6.00. The summed E-state index contributed by atoms with van der Waals surface area (Å²) in [6.07, 6.45) is 2.50. The molecular weight excluding hydrogens is 335 g/mol. The fraction of sp³-hybridized carbons (Fsp3) is 0.350. The Labute approximate surface area is 149 Å². The minimum absolute atomic E-state index is 0.0542. The smallest absolute Gasteiger partial charge is 0.309 e. The van der Waals surface area contributed by atoms with Crippen LogP contribution in [0.1, 0.15) is 19.4 Å². The van der Waals surface area contributed by atoms with Gasteiger partial charge in [0, 0.05) is 5.92 Å². The van der Waals surface area contributed by atoms with Gasteiger partial charge in [-0.25, -0.2) is 0 Å². The maximum absolute atomic E-state index is 12.6. The Morgan fingerprint density at radius 2 is 1.48 bits per heavy atom. The van der Waals surface area contributed by atoms with Crippen LogP contribution in [0.15, 0.2) is 54.6 Å². The van der Waals surface area contributed by atoms with Gasteiger partial charge in [0.05, 0.1) is 19.4 Å². The maximum Gasteiger partial charge on any atom is 0.331 e. The molecular formula is C20H24O4P. The van der Waals surface area contributed by atoms with Gasteiger partial charge < -0.3 is 9.05 Å². The lowest BCUT2D eigenvalue weighted by molar-refractivity contribution is 0.218. The van der Waals surface area contributed by atoms with Crippen molar-refractivity contribution >= 4 is 13.9 Å². The van der Waals surface area contributed by atoms with Crippen molar-refractivity contribution in [3.8, 4) is 11.1 Å². The molecule has 1 unspecified atom stereocenters. The van der Waals surface area contributed by atoms with Crippen molar-refractivity contribution in [1.29, 1.82) is 0 Å². The van der Waals surface area contributed by atoms with Crippen molar-refractivity contribution < 1.29 is 18.4 Å². The molecule has 1 atom stereocenters. The Kier molecular flexibility index (Phi) is 7.57. The highest BCUT2D eigenvalue weighted by molar-refractivity contribution is 7.53. The van der Waals surface area contributed by atoms with E-state index in [4.69, 9.17) is 9.05 Å². The van der Waals surface area contributed by atoms with Crippen LogP contribution in [0.5, 0.6) is 0 Å². The Hall–Kier alpha value is -1.74. The fourth-order valence-electron chi connectivity index (χ4n) is 2.70. The van der Waals surface area contributed by atoms with E-state index in [0.29, 0.717) is 6.42 Å². The SMILES string of the molecule is CCOP(=O)(CC([C]=O)Cc1ccc(-c2ccccc2)cc1)OCC. The number of hydrogen-bond acceptors (Lipinski definition) is 4. The van der Waals surface area contributed by atoms with Gasteiger partial charge >= 0.3 is 7.60 Å². The summed E-state index contributed by atoms with van der Waals surface area (Å²) >= 11 is 0. The quantitative estimate of drug-likeness (QED) is 0.567. The molecule has 0 aliphatic rings. The van der Waals surface area contributed by atoms with Gasteiger partial charge in [0.25, 0.3) is 0 Å². The van der Waals surface area contributed by atoms with E-state index < -0.39 is 13.5 Å². The standard InChI is InChI=1S/C20H24O4P/c1-3-23-25(22,24-4-2)16-18(15-21)14-17-10-12-20(13-11-17)19-8-6-5-7-9-19/h5-13,18H,3-4,14,16H2,1-2H3. The molecule has 0 saturated heterocycles. The molecule has 2 rings (SSSR count). The molecule has 0 amide bonds. The molecule has 0 spiro atoms. The molecule has 1 radical (unpaired) electrons. The summed E-state index contributed by atoms with van der Waals surface area (Å²) in [4.78, 5) is 11.3. The molecule has 4 nitrogen and oxygen atoms in total. The number of rotatable bonds is 10. The first kappa shape index (κ1) is 19.6. The fourth-order valence-corrected chi connectivity index (χ4v) is 4.51. The first-order valence-corrected chi connectivity index (χ1v) is 10.2. The largest absolute Gasteiger partial charge is 0.331 e. The molecule has 133 valence electrons. The lowest BCUT2D eigenvalue weighted by atomic mass is 9.99. The van der Waals surface area contributed by atoms with Crippen molar-refractivity contribution in [2.24, 2.45) is 5.92 Å². The second kappa shape index (κ2) is 9.67. The van der Waals surface area contributed by atoms with Crippen LogP contribution in [-0.4, -0.2) is 25.7 Å². The van der Waals surface area contributed by atoms with E-state index in [1.165, 1.54) is 0 Å². The molecule has 0 N–H and O–H groups in total. The molecule has 25 heavy (non-hydrogen) atoms. The summed E-state index contributed by atoms with van der Waals surface area (Å²) in [7, 11) is -3.25. The summed E-state index contributed by atoms with van der Waals surface area (Å²) in [6, 6.07) is 18.1. The predicted octanol–water partition coefficient (Wildman–Crippen LogP) is 4.89. The van der Waals surface area contributed by atoms with Crippen molar-refractivity contribution in [2.75, 3.05) is 19.4 Å². The maximum atomic E-state index is 12.6. The highest BCUT2D eigenvalue weighted by atomic mass is 31.2. The average Bonchev–Trinajstić information content (AvgIpc) is 2.63. The summed E-state index contributed by atoms with van der Waals surface area (Å²) in [5.74, 6) is -0.522. The zero-order chi connectivity index (χ0) is 18.1. The molecule has 5 heteroatoms. The van der Waals surface area contributed by atoms with E-state index in [2.05, 4.69) is 12.1 Å². The third-order valence-electron chi connectivity index (χ3n) is 3.81. The molecule has 0 aliphatic heterocycles. The van der Waals surface area contributed by atoms with Gasteiger partial charge in [-0.1, -0.05) is 54.6 Å². The van der Waals surface area contributed by atoms with Gasteiger partial charge in [-0.3, -0.25) is 9.36 Å². The normalized spacial score (nSPS) is 12.7. The lowest BCUT2D eigenvalue weighted by Gasteiger charge is -2.19. The summed E-state index contributed by atoms with van der Waals surface area (Å²) < 4.78 is 23.1. The van der Waals surface area contributed by atoms with Crippen LogP contribution >= 0.6 is 7.60 Å². The van der Waals surface area contributed by atoms with E-state index in [1.807, 2.05) is 48.8 Å². The van der Waals surface area contributed by atoms with Crippen molar-refractivity contribution in [1.82, 2.24) is 0 Å². The average molecular weight is 359 g/mol. The zero-order valence-electron chi connectivity index (χ0n) is 14.7. The van der Waals surface area contributed by atoms with Crippen LogP contribution in [0.3, 0.4) is 0 Å². The van der Waals surface area contributed by atoms with E-state index in [9.17, 15) is 9.36 Å². The number of carbonyl (C=O) groups excluding carboxylic acids is 1. The van der Waals surface area contributed by atoms with Crippen LogP contribution < -0.4 is 0 Å². The number of hydrogen-bond donors (Lipinski definition) is 0. The van der Waals surface area contributed by atoms with Crippen LogP contribution in [0.4, 0.5) is 0 Å². The van der Waals surface area contributed by atoms with E-state index >= 15 is 0 Å². The molecule has 0 saturated carbocycles. The topological polar surface area (TPSA) is 52.6 Å². The van der Waals surface area contributed by atoms with E-state index in [1.54, 1.807) is 13.8 Å². The second-order valence-electron chi connectivity index (χ2n) is 5.71. The predicted molar refractivity (Wildman–Crippen MR) is 100 cm³/mol. The minimum Gasteiger partial charge on any atom is -0.309 e. The molecule has 0 bridgehead atoms. The van der Waals surface area contributed by atoms with Crippen molar-refractivity contribution in [3.05, 3.63) is 60.2 Å². The molecule has 0 aliphatic carbocycles. The van der Waals surface area contributed by atoms with Crippen molar-refractivity contribution in [2.45, 2.75) is 20.3 Å². The van der Waals surface area contributed by atoms with Crippen LogP contribution in [0.25, 0.3) is 11.1 Å². The lowest BCUT2D eigenvalue weighted by Crippen LogP contribution is -2.14. The summed E-state index contributed by atoms with van der Waals surface area (Å²) in [5, 5.41) is 0. The first-order chi connectivity index (χ1) is 12.1. The third kappa shape index (κ3) is 5.93. The zero-order valence-corrected chi connectivity index (χ0v) is 15.6. The second-order valence-corrected chi connectivity index (χ2v) is 7.81. The van der Waals surface area contributed by atoms with Crippen LogP contribution in [-0.2, 0) is 24.8 Å². The number of benzene rings is 2. The van der Waals surface area contributed by atoms with Gasteiger partial charge in [0.2, 0.25) is 6.29 Å². The monoisotopic (exact) mass is 359 g/mol. The molecule has 0 heterocycles. The molecule has 2 aromatic carbocycles. The van der Waals surface area contributed by atoms with Gasteiger partial charge in [-0.05, 0) is 37.0 Å². The van der Waals surface area contributed by atoms with Gasteiger partial charge in [0.1, 0.15) is 0 Å². The molecule has 0 fully saturated rings. The van der Waals surface area contributed by atoms with Gasteiger partial charge in [-0.2, -0.15) is 0 Å². The molecule has 2 aromatic rings. The first-order valence-electron chi connectivity index (χ1n) is 8.50.